The van der Waals surface area contributed by atoms with E-state index in [9.17, 15) is 9.59 Å². The van der Waals surface area contributed by atoms with E-state index in [1.165, 1.54) is 0 Å². The minimum atomic E-state index is -0.184. The highest BCUT2D eigenvalue weighted by atomic mass is 35.5. The molecule has 0 radical (unpaired) electrons. The van der Waals surface area contributed by atoms with Gasteiger partial charge in [-0.1, -0.05) is 29.8 Å². The Morgan fingerprint density at radius 1 is 1.04 bits per heavy atom. The number of carbonyl (C=O) groups is 2. The highest BCUT2D eigenvalue weighted by Crippen LogP contribution is 2.22. The van der Waals surface area contributed by atoms with E-state index in [0.717, 1.165) is 16.8 Å². The molecule has 0 aromatic heterocycles. The number of hydrogen-bond donors (Lipinski definition) is 3. The molecule has 0 atom stereocenters. The van der Waals surface area contributed by atoms with E-state index in [4.69, 9.17) is 11.6 Å². The number of halogens is 1. The Bertz CT molecular complexity index is 773. The molecule has 0 aliphatic carbocycles. The van der Waals surface area contributed by atoms with Gasteiger partial charge in [-0.2, -0.15) is 0 Å². The quantitative estimate of drug-likeness (QED) is 0.692. The molecule has 2 aromatic rings. The second-order valence-electron chi connectivity index (χ2n) is 6.48. The Morgan fingerprint density at radius 2 is 1.73 bits per heavy atom. The smallest absolute Gasteiger partial charge is 0.243 e. The van der Waals surface area contributed by atoms with Gasteiger partial charge in [0.15, 0.2) is 0 Å². The van der Waals surface area contributed by atoms with Crippen LogP contribution in [0, 0.1) is 6.92 Å². The number of benzene rings is 2. The molecule has 0 aliphatic heterocycles. The molecular formula is C20H24ClN3O2. The van der Waals surface area contributed by atoms with E-state index in [2.05, 4.69) is 16.0 Å². The lowest BCUT2D eigenvalue weighted by Gasteiger charge is -2.11. The van der Waals surface area contributed by atoms with Gasteiger partial charge in [-0.15, -0.1) is 0 Å². The van der Waals surface area contributed by atoms with E-state index in [1.54, 1.807) is 12.1 Å². The zero-order valence-electron chi connectivity index (χ0n) is 15.2. The molecule has 0 saturated heterocycles. The van der Waals surface area contributed by atoms with Crippen molar-refractivity contribution in [2.75, 3.05) is 17.2 Å². The average Bonchev–Trinajstić information content (AvgIpc) is 2.56. The van der Waals surface area contributed by atoms with E-state index >= 15 is 0 Å². The largest absolute Gasteiger partial charge is 0.376 e. The van der Waals surface area contributed by atoms with Crippen molar-refractivity contribution in [3.63, 3.8) is 0 Å². The molecule has 0 fully saturated rings. The minimum Gasteiger partial charge on any atom is -0.376 e. The zero-order valence-corrected chi connectivity index (χ0v) is 16.0. The van der Waals surface area contributed by atoms with E-state index < -0.39 is 0 Å². The summed E-state index contributed by atoms with van der Waals surface area (Å²) >= 11 is 6.11. The fourth-order valence-electron chi connectivity index (χ4n) is 2.40. The summed E-state index contributed by atoms with van der Waals surface area (Å²) in [6, 6.07) is 13.1. The van der Waals surface area contributed by atoms with Crippen LogP contribution in [-0.2, 0) is 16.0 Å². The lowest BCUT2D eigenvalue weighted by molar-refractivity contribution is -0.121. The third kappa shape index (κ3) is 6.41. The van der Waals surface area contributed by atoms with Gasteiger partial charge < -0.3 is 16.0 Å². The Kier molecular flexibility index (Phi) is 7.04. The second-order valence-corrected chi connectivity index (χ2v) is 6.89. The number of hydrogen-bond acceptors (Lipinski definition) is 3. The zero-order chi connectivity index (χ0) is 19.1. The highest BCUT2D eigenvalue weighted by Gasteiger charge is 2.07. The monoisotopic (exact) mass is 373 g/mol. The maximum atomic E-state index is 12.1. The number of rotatable bonds is 7. The van der Waals surface area contributed by atoms with Crippen LogP contribution in [0.25, 0.3) is 0 Å². The molecule has 0 saturated carbocycles. The summed E-state index contributed by atoms with van der Waals surface area (Å²) in [5.41, 5.74) is 3.36. The predicted molar refractivity (Wildman–Crippen MR) is 107 cm³/mol. The molecule has 5 nitrogen and oxygen atoms in total. The molecule has 0 aliphatic rings. The third-order valence-electron chi connectivity index (χ3n) is 3.62. The molecule has 0 spiro atoms. The van der Waals surface area contributed by atoms with Crippen molar-refractivity contribution in [2.45, 2.75) is 33.2 Å². The number of carbonyl (C=O) groups excluding carboxylic acids is 2. The van der Waals surface area contributed by atoms with Crippen molar-refractivity contribution < 1.29 is 9.59 Å². The predicted octanol–water partition coefficient (Wildman–Crippen LogP) is 3.77. The molecule has 2 amide bonds. The minimum absolute atomic E-state index is 0.00457. The Balaban J connectivity index is 1.83. The van der Waals surface area contributed by atoms with Crippen LogP contribution in [-0.4, -0.2) is 24.4 Å². The fourth-order valence-corrected chi connectivity index (χ4v) is 2.68. The normalized spacial score (nSPS) is 10.5. The van der Waals surface area contributed by atoms with E-state index in [0.29, 0.717) is 17.1 Å². The number of aryl methyl sites for hydroxylation is 1. The lowest BCUT2D eigenvalue weighted by Crippen LogP contribution is -2.31. The van der Waals surface area contributed by atoms with Crippen LogP contribution in [0.1, 0.15) is 25.0 Å². The SMILES string of the molecule is Cc1ccc(NC(=O)CNc2ccc(CC(=O)NC(C)C)cc2)c(Cl)c1. The van der Waals surface area contributed by atoms with E-state index in [-0.39, 0.29) is 24.4 Å². The maximum Gasteiger partial charge on any atom is 0.243 e. The fraction of sp³-hybridized carbons (Fsp3) is 0.300. The Morgan fingerprint density at radius 3 is 2.35 bits per heavy atom. The van der Waals surface area contributed by atoms with Crippen LogP contribution in [0.15, 0.2) is 42.5 Å². The van der Waals surface area contributed by atoms with Crippen LogP contribution in [0.2, 0.25) is 5.02 Å². The Labute approximate surface area is 159 Å². The van der Waals surface area contributed by atoms with Crippen molar-refractivity contribution in [1.29, 1.82) is 0 Å². The van der Waals surface area contributed by atoms with Crippen LogP contribution >= 0.6 is 11.6 Å². The summed E-state index contributed by atoms with van der Waals surface area (Å²) in [7, 11) is 0. The number of nitrogens with one attached hydrogen (secondary N) is 3. The first-order chi connectivity index (χ1) is 12.3. The van der Waals surface area contributed by atoms with Gasteiger partial charge in [0, 0.05) is 11.7 Å². The summed E-state index contributed by atoms with van der Waals surface area (Å²) in [6.45, 7) is 5.92. The molecule has 2 rings (SSSR count). The average molecular weight is 374 g/mol. The number of amides is 2. The molecule has 0 bridgehead atoms. The molecule has 0 unspecified atom stereocenters. The molecular weight excluding hydrogens is 350 g/mol. The molecule has 138 valence electrons. The molecule has 0 heterocycles. The van der Waals surface area contributed by atoms with Gasteiger partial charge in [-0.05, 0) is 56.2 Å². The van der Waals surface area contributed by atoms with Gasteiger partial charge in [-0.3, -0.25) is 9.59 Å². The summed E-state index contributed by atoms with van der Waals surface area (Å²) in [6.07, 6.45) is 0.338. The van der Waals surface area contributed by atoms with Gasteiger partial charge in [-0.25, -0.2) is 0 Å². The van der Waals surface area contributed by atoms with Crippen molar-refractivity contribution >= 4 is 34.8 Å². The van der Waals surface area contributed by atoms with Gasteiger partial charge >= 0.3 is 0 Å². The molecule has 6 heteroatoms. The van der Waals surface area contributed by atoms with Gasteiger partial charge in [0.05, 0.1) is 23.7 Å². The van der Waals surface area contributed by atoms with Gasteiger partial charge in [0.25, 0.3) is 0 Å². The summed E-state index contributed by atoms with van der Waals surface area (Å²) < 4.78 is 0. The molecule has 3 N–H and O–H groups in total. The van der Waals surface area contributed by atoms with Crippen molar-refractivity contribution in [2.24, 2.45) is 0 Å². The van der Waals surface area contributed by atoms with Gasteiger partial charge in [0.1, 0.15) is 0 Å². The third-order valence-corrected chi connectivity index (χ3v) is 3.93. The standard InChI is InChI=1S/C20H24ClN3O2/c1-13(2)23-19(25)11-15-5-7-16(8-6-15)22-12-20(26)24-18-9-4-14(3)10-17(18)21/h4-10,13,22H,11-12H2,1-3H3,(H,23,25)(H,24,26). The van der Waals surface area contributed by atoms with Gasteiger partial charge in [0.2, 0.25) is 11.8 Å². The molecule has 26 heavy (non-hydrogen) atoms. The van der Waals surface area contributed by atoms with Crippen LogP contribution in [0.3, 0.4) is 0 Å². The summed E-state index contributed by atoms with van der Waals surface area (Å²) in [5, 5.41) is 9.20. The second kappa shape index (κ2) is 9.25. The van der Waals surface area contributed by atoms with Crippen molar-refractivity contribution in [3.05, 3.63) is 58.6 Å². The first kappa shape index (κ1) is 19.8. The number of anilines is 2. The van der Waals surface area contributed by atoms with Crippen molar-refractivity contribution in [1.82, 2.24) is 5.32 Å². The van der Waals surface area contributed by atoms with Crippen LogP contribution < -0.4 is 16.0 Å². The first-order valence-electron chi connectivity index (χ1n) is 8.51. The maximum absolute atomic E-state index is 12.1. The highest BCUT2D eigenvalue weighted by molar-refractivity contribution is 6.33. The Hall–Kier alpha value is -2.53. The summed E-state index contributed by atoms with van der Waals surface area (Å²) in [5.74, 6) is -0.189. The first-order valence-corrected chi connectivity index (χ1v) is 8.89. The van der Waals surface area contributed by atoms with Crippen molar-refractivity contribution in [3.8, 4) is 0 Å². The summed E-state index contributed by atoms with van der Waals surface area (Å²) in [4.78, 5) is 23.8. The molecule has 2 aromatic carbocycles. The topological polar surface area (TPSA) is 70.2 Å². The van der Waals surface area contributed by atoms with Crippen LogP contribution in [0.4, 0.5) is 11.4 Å². The van der Waals surface area contributed by atoms with Crippen LogP contribution in [0.5, 0.6) is 0 Å². The lowest BCUT2D eigenvalue weighted by atomic mass is 10.1. The van der Waals surface area contributed by atoms with E-state index in [1.807, 2.05) is 51.1 Å².